The Balaban J connectivity index is 1.57. The van der Waals surface area contributed by atoms with Gasteiger partial charge in [-0.25, -0.2) is 10.9 Å². The number of unbranched alkanes of at least 4 members (excludes halogenated alkanes) is 1. The maximum absolute atomic E-state index is 11.8. The van der Waals surface area contributed by atoms with Crippen LogP contribution in [-0.4, -0.2) is 24.2 Å². The number of nitrogens with zero attached hydrogens (tertiary/aromatic N) is 2. The van der Waals surface area contributed by atoms with Gasteiger partial charge in [0.25, 0.3) is 0 Å². The van der Waals surface area contributed by atoms with E-state index in [0.29, 0.717) is 25.7 Å². The zero-order chi connectivity index (χ0) is 21.6. The predicted molar refractivity (Wildman–Crippen MR) is 121 cm³/mol. The van der Waals surface area contributed by atoms with E-state index < -0.39 is 0 Å². The Morgan fingerprint density at radius 2 is 1.10 bits per heavy atom. The fraction of sp³-hybridized carbons (Fsp3) is 0.333. The topological polar surface area (TPSA) is 82.9 Å². The van der Waals surface area contributed by atoms with Crippen LogP contribution >= 0.6 is 0 Å². The van der Waals surface area contributed by atoms with Crippen molar-refractivity contribution in [3.8, 4) is 0 Å². The highest BCUT2D eigenvalue weighted by Gasteiger charge is 2.05. The molecule has 0 heterocycles. The van der Waals surface area contributed by atoms with E-state index in [1.165, 1.54) is 0 Å². The van der Waals surface area contributed by atoms with Crippen molar-refractivity contribution < 1.29 is 9.59 Å². The summed E-state index contributed by atoms with van der Waals surface area (Å²) in [6.07, 6.45) is 5.34. The quantitative estimate of drug-likeness (QED) is 0.330. The van der Waals surface area contributed by atoms with E-state index in [1.807, 2.05) is 74.5 Å². The molecule has 0 spiro atoms. The molecule has 2 amide bonds. The van der Waals surface area contributed by atoms with Crippen LogP contribution in [-0.2, 0) is 9.59 Å². The van der Waals surface area contributed by atoms with E-state index in [0.717, 1.165) is 11.1 Å². The number of nitrogens with one attached hydrogen (secondary N) is 2. The highest BCUT2D eigenvalue weighted by molar-refractivity contribution is 5.78. The molecule has 0 aliphatic heterocycles. The van der Waals surface area contributed by atoms with Gasteiger partial charge in [-0.15, -0.1) is 0 Å². The largest absolute Gasteiger partial charge is 0.273 e. The van der Waals surface area contributed by atoms with Gasteiger partial charge in [-0.05, 0) is 24.0 Å². The number of hydrogen-bond donors (Lipinski definition) is 2. The van der Waals surface area contributed by atoms with Gasteiger partial charge in [0.1, 0.15) is 0 Å². The van der Waals surface area contributed by atoms with Gasteiger partial charge < -0.3 is 0 Å². The first-order valence-corrected chi connectivity index (χ1v) is 10.3. The van der Waals surface area contributed by atoms with Crippen molar-refractivity contribution >= 4 is 24.2 Å². The monoisotopic (exact) mass is 406 g/mol. The molecule has 2 atom stereocenters. The fourth-order valence-corrected chi connectivity index (χ4v) is 2.81. The minimum Gasteiger partial charge on any atom is -0.273 e. The Morgan fingerprint density at radius 3 is 1.47 bits per heavy atom. The fourth-order valence-electron chi connectivity index (χ4n) is 2.81. The molecule has 0 bridgehead atoms. The molecule has 30 heavy (non-hydrogen) atoms. The van der Waals surface area contributed by atoms with Gasteiger partial charge >= 0.3 is 0 Å². The molecular weight excluding hydrogens is 376 g/mol. The summed E-state index contributed by atoms with van der Waals surface area (Å²) in [5.74, 6) is -0.0519. The molecule has 6 heteroatoms. The zero-order valence-electron chi connectivity index (χ0n) is 17.6. The number of hydrazone groups is 2. The Morgan fingerprint density at radius 1 is 0.733 bits per heavy atom. The van der Waals surface area contributed by atoms with Crippen LogP contribution in [0, 0.1) is 0 Å². The molecule has 2 N–H and O–H groups in total. The van der Waals surface area contributed by atoms with E-state index in [9.17, 15) is 9.59 Å². The minimum atomic E-state index is -0.151. The number of benzene rings is 2. The van der Waals surface area contributed by atoms with Crippen molar-refractivity contribution in [2.24, 2.45) is 10.2 Å². The lowest BCUT2D eigenvalue weighted by molar-refractivity contribution is -0.123. The van der Waals surface area contributed by atoms with Crippen LogP contribution in [0.25, 0.3) is 0 Å². The lowest BCUT2D eigenvalue weighted by Gasteiger charge is -2.06. The lowest BCUT2D eigenvalue weighted by atomic mass is 10.0. The molecule has 0 saturated carbocycles. The van der Waals surface area contributed by atoms with Gasteiger partial charge in [-0.3, -0.25) is 9.59 Å². The summed E-state index contributed by atoms with van der Waals surface area (Å²) in [5.41, 5.74) is 7.36. The summed E-state index contributed by atoms with van der Waals surface area (Å²) in [4.78, 5) is 23.7. The van der Waals surface area contributed by atoms with Crippen molar-refractivity contribution in [3.05, 3.63) is 71.8 Å². The average Bonchev–Trinajstić information content (AvgIpc) is 2.77. The van der Waals surface area contributed by atoms with Crippen LogP contribution in [0.3, 0.4) is 0 Å². The molecular formula is C24H30N4O2. The van der Waals surface area contributed by atoms with Crippen LogP contribution < -0.4 is 10.9 Å². The number of carbonyl (C=O) groups excluding carboxylic acids is 2. The smallest absolute Gasteiger partial charge is 0.240 e. The number of hydrogen-bond acceptors (Lipinski definition) is 4. The first-order valence-electron chi connectivity index (χ1n) is 10.3. The first kappa shape index (κ1) is 23.0. The highest BCUT2D eigenvalue weighted by atomic mass is 16.2. The van der Waals surface area contributed by atoms with E-state index in [2.05, 4.69) is 21.1 Å². The van der Waals surface area contributed by atoms with Crippen molar-refractivity contribution in [2.45, 2.75) is 51.4 Å². The summed E-state index contributed by atoms with van der Waals surface area (Å²) in [6.45, 7) is 4.04. The van der Waals surface area contributed by atoms with Crippen LogP contribution in [0.2, 0.25) is 0 Å². The Labute approximate surface area is 178 Å². The third kappa shape index (κ3) is 8.82. The van der Waals surface area contributed by atoms with E-state index in [-0.39, 0.29) is 23.7 Å². The van der Waals surface area contributed by atoms with Gasteiger partial charge in [-0.1, -0.05) is 74.5 Å². The Kier molecular flexibility index (Phi) is 10.00. The first-order chi connectivity index (χ1) is 14.6. The van der Waals surface area contributed by atoms with E-state index in [1.54, 1.807) is 12.4 Å². The van der Waals surface area contributed by atoms with Crippen LogP contribution in [0.5, 0.6) is 0 Å². The SMILES string of the molecule is CC(C=NNC(=O)CCCCC(=O)NN=CC(C)c1ccccc1)c1ccccc1. The highest BCUT2D eigenvalue weighted by Crippen LogP contribution is 2.12. The molecule has 2 rings (SSSR count). The van der Waals surface area contributed by atoms with Crippen molar-refractivity contribution in [1.82, 2.24) is 10.9 Å². The van der Waals surface area contributed by atoms with Crippen LogP contribution in [0.15, 0.2) is 70.9 Å². The summed E-state index contributed by atoms with van der Waals surface area (Å²) in [5, 5.41) is 8.04. The molecule has 158 valence electrons. The van der Waals surface area contributed by atoms with Gasteiger partial charge in [0, 0.05) is 37.1 Å². The van der Waals surface area contributed by atoms with E-state index in [4.69, 9.17) is 0 Å². The summed E-state index contributed by atoms with van der Waals surface area (Å²) in [6, 6.07) is 19.9. The molecule has 0 fully saturated rings. The third-order valence-corrected chi connectivity index (χ3v) is 4.68. The zero-order valence-corrected chi connectivity index (χ0v) is 17.6. The molecule has 6 nitrogen and oxygen atoms in total. The van der Waals surface area contributed by atoms with Gasteiger partial charge in [0.2, 0.25) is 11.8 Å². The third-order valence-electron chi connectivity index (χ3n) is 4.68. The number of carbonyl (C=O) groups is 2. The molecule has 0 saturated heterocycles. The molecule has 2 aromatic rings. The second kappa shape index (κ2) is 13.0. The minimum absolute atomic E-state index is 0.125. The van der Waals surface area contributed by atoms with Gasteiger partial charge in [0.05, 0.1) is 0 Å². The molecule has 2 aromatic carbocycles. The second-order valence-electron chi connectivity index (χ2n) is 7.23. The van der Waals surface area contributed by atoms with Crippen LogP contribution in [0.4, 0.5) is 0 Å². The van der Waals surface area contributed by atoms with E-state index >= 15 is 0 Å². The number of amides is 2. The van der Waals surface area contributed by atoms with Crippen LogP contribution in [0.1, 0.15) is 62.5 Å². The standard InChI is InChI=1S/C24H30N4O2/c1-19(21-11-5-3-6-12-21)17-25-27-23(29)15-9-10-16-24(30)28-26-18-20(2)22-13-7-4-8-14-22/h3-8,11-14,17-20H,9-10,15-16H2,1-2H3,(H,27,29)(H,28,30). The summed E-state index contributed by atoms with van der Waals surface area (Å²) < 4.78 is 0. The molecule has 0 radical (unpaired) electrons. The second-order valence-corrected chi connectivity index (χ2v) is 7.23. The molecule has 2 unspecified atom stereocenters. The Bertz CT molecular complexity index is 763. The predicted octanol–water partition coefficient (Wildman–Crippen LogP) is 4.36. The lowest BCUT2D eigenvalue weighted by Crippen LogP contribution is -2.19. The molecule has 0 aliphatic carbocycles. The van der Waals surface area contributed by atoms with Gasteiger partial charge in [0.15, 0.2) is 0 Å². The molecule has 0 aliphatic rings. The normalized spacial score (nSPS) is 13.3. The summed E-state index contributed by atoms with van der Waals surface area (Å²) in [7, 11) is 0. The summed E-state index contributed by atoms with van der Waals surface area (Å²) >= 11 is 0. The Hall–Kier alpha value is -3.28. The van der Waals surface area contributed by atoms with Crippen molar-refractivity contribution in [2.75, 3.05) is 0 Å². The maximum atomic E-state index is 11.8. The number of rotatable bonds is 11. The van der Waals surface area contributed by atoms with Crippen molar-refractivity contribution in [3.63, 3.8) is 0 Å². The molecule has 0 aromatic heterocycles. The van der Waals surface area contributed by atoms with Crippen molar-refractivity contribution in [1.29, 1.82) is 0 Å². The van der Waals surface area contributed by atoms with Gasteiger partial charge in [-0.2, -0.15) is 10.2 Å². The maximum Gasteiger partial charge on any atom is 0.240 e. The average molecular weight is 407 g/mol.